The van der Waals surface area contributed by atoms with Crippen molar-refractivity contribution in [3.05, 3.63) is 11.2 Å². The Balaban J connectivity index is 1.66. The molecule has 0 saturated carbocycles. The lowest BCUT2D eigenvalue weighted by molar-refractivity contribution is 0.276. The fourth-order valence-electron chi connectivity index (χ4n) is 2.39. The van der Waals surface area contributed by atoms with Crippen LogP contribution in [0.15, 0.2) is 6.20 Å². The second-order valence-corrected chi connectivity index (χ2v) is 7.06. The summed E-state index contributed by atoms with van der Waals surface area (Å²) in [6.07, 6.45) is 7.31. The standard InChI is InChI=1S/C13H19N5S2/c1-14-13-17-16-12(20-13)10-8-15-11(19-10)9-18-6-4-2-3-5-7-18/h8H,2-7,9H2,1H3,(H,14,17). The summed E-state index contributed by atoms with van der Waals surface area (Å²) >= 11 is 3.31. The van der Waals surface area contributed by atoms with Crippen LogP contribution in [0.25, 0.3) is 9.88 Å². The van der Waals surface area contributed by atoms with Crippen LogP contribution in [0.5, 0.6) is 0 Å². The summed E-state index contributed by atoms with van der Waals surface area (Å²) in [6, 6.07) is 0. The van der Waals surface area contributed by atoms with Gasteiger partial charge in [-0.25, -0.2) is 4.98 Å². The van der Waals surface area contributed by atoms with Gasteiger partial charge >= 0.3 is 0 Å². The van der Waals surface area contributed by atoms with Crippen molar-refractivity contribution in [2.45, 2.75) is 32.2 Å². The maximum Gasteiger partial charge on any atom is 0.205 e. The van der Waals surface area contributed by atoms with Gasteiger partial charge in [-0.1, -0.05) is 24.2 Å². The molecule has 2 aromatic heterocycles. The Hall–Kier alpha value is -1.05. The quantitative estimate of drug-likeness (QED) is 0.940. The molecule has 5 nitrogen and oxygen atoms in total. The minimum absolute atomic E-state index is 0.850. The third-order valence-corrected chi connectivity index (χ3v) is 5.55. The van der Waals surface area contributed by atoms with E-state index in [9.17, 15) is 0 Å². The van der Waals surface area contributed by atoms with Crippen LogP contribution in [0.3, 0.4) is 0 Å². The van der Waals surface area contributed by atoms with Gasteiger partial charge in [0.1, 0.15) is 5.01 Å². The van der Waals surface area contributed by atoms with Crippen molar-refractivity contribution in [2.75, 3.05) is 25.5 Å². The highest BCUT2D eigenvalue weighted by atomic mass is 32.1. The van der Waals surface area contributed by atoms with Crippen LogP contribution in [0.1, 0.15) is 30.7 Å². The Labute approximate surface area is 127 Å². The topological polar surface area (TPSA) is 53.9 Å². The monoisotopic (exact) mass is 309 g/mol. The Kier molecular flexibility index (Phi) is 4.59. The van der Waals surface area contributed by atoms with Gasteiger partial charge in [0.25, 0.3) is 0 Å². The van der Waals surface area contributed by atoms with E-state index in [4.69, 9.17) is 0 Å². The zero-order valence-electron chi connectivity index (χ0n) is 11.6. The zero-order valence-corrected chi connectivity index (χ0v) is 13.3. The third kappa shape index (κ3) is 3.34. The van der Waals surface area contributed by atoms with Crippen LogP contribution in [0, 0.1) is 0 Å². The van der Waals surface area contributed by atoms with E-state index < -0.39 is 0 Å². The molecule has 0 amide bonds. The van der Waals surface area contributed by atoms with E-state index in [1.165, 1.54) is 43.8 Å². The molecule has 0 aliphatic carbocycles. The van der Waals surface area contributed by atoms with E-state index >= 15 is 0 Å². The number of hydrogen-bond donors (Lipinski definition) is 1. The third-order valence-electron chi connectivity index (χ3n) is 3.46. The fraction of sp³-hybridized carbons (Fsp3) is 0.615. The summed E-state index contributed by atoms with van der Waals surface area (Å²) in [7, 11) is 1.86. The molecule has 0 atom stereocenters. The van der Waals surface area contributed by atoms with Gasteiger partial charge in [0.15, 0.2) is 5.01 Å². The van der Waals surface area contributed by atoms with Gasteiger partial charge in [-0.2, -0.15) is 0 Å². The number of anilines is 1. The van der Waals surface area contributed by atoms with Gasteiger partial charge in [-0.15, -0.1) is 21.5 Å². The predicted octanol–water partition coefficient (Wildman–Crippen LogP) is 3.08. The fourth-order valence-corrected chi connectivity index (χ4v) is 4.08. The summed E-state index contributed by atoms with van der Waals surface area (Å²) in [6.45, 7) is 3.39. The van der Waals surface area contributed by atoms with Crippen molar-refractivity contribution in [2.24, 2.45) is 0 Å². The molecule has 1 aliphatic heterocycles. The summed E-state index contributed by atoms with van der Waals surface area (Å²) < 4.78 is 0. The normalized spacial score (nSPS) is 17.1. The maximum absolute atomic E-state index is 4.55. The summed E-state index contributed by atoms with van der Waals surface area (Å²) in [5, 5.41) is 14.3. The van der Waals surface area contributed by atoms with Crippen molar-refractivity contribution >= 4 is 27.8 Å². The number of rotatable bonds is 4. The van der Waals surface area contributed by atoms with Crippen molar-refractivity contribution in [3.63, 3.8) is 0 Å². The van der Waals surface area contributed by atoms with Crippen LogP contribution < -0.4 is 5.32 Å². The van der Waals surface area contributed by atoms with Gasteiger partial charge in [-0.3, -0.25) is 4.90 Å². The van der Waals surface area contributed by atoms with Crippen LogP contribution in [0.2, 0.25) is 0 Å². The Morgan fingerprint density at radius 3 is 2.65 bits per heavy atom. The van der Waals surface area contributed by atoms with Crippen LogP contribution in [0.4, 0.5) is 5.13 Å². The maximum atomic E-state index is 4.55. The van der Waals surface area contributed by atoms with Crippen molar-refractivity contribution in [1.82, 2.24) is 20.1 Å². The molecular weight excluding hydrogens is 290 g/mol. The molecule has 0 aromatic carbocycles. The van der Waals surface area contributed by atoms with Crippen LogP contribution in [-0.2, 0) is 6.54 Å². The Bertz CT molecular complexity index is 542. The average Bonchev–Trinajstić information content (AvgIpc) is 3.04. The van der Waals surface area contributed by atoms with Crippen molar-refractivity contribution < 1.29 is 0 Å². The molecule has 2 aromatic rings. The van der Waals surface area contributed by atoms with Gasteiger partial charge in [0.2, 0.25) is 5.13 Å². The molecule has 1 saturated heterocycles. The van der Waals surface area contributed by atoms with Gasteiger partial charge in [0.05, 0.1) is 11.4 Å². The number of nitrogens with zero attached hydrogens (tertiary/aromatic N) is 4. The molecule has 0 radical (unpaired) electrons. The Morgan fingerprint density at radius 1 is 1.15 bits per heavy atom. The lowest BCUT2D eigenvalue weighted by Gasteiger charge is -2.17. The second kappa shape index (κ2) is 6.60. The summed E-state index contributed by atoms with van der Waals surface area (Å²) in [4.78, 5) is 8.19. The molecule has 0 unspecified atom stereocenters. The molecule has 0 spiro atoms. The van der Waals surface area contributed by atoms with E-state index in [0.717, 1.165) is 21.6 Å². The van der Waals surface area contributed by atoms with Crippen LogP contribution >= 0.6 is 22.7 Å². The molecule has 3 heterocycles. The molecule has 3 rings (SSSR count). The Morgan fingerprint density at radius 2 is 1.95 bits per heavy atom. The first-order chi connectivity index (χ1) is 9.85. The van der Waals surface area contributed by atoms with Gasteiger partial charge in [0, 0.05) is 13.2 Å². The highest BCUT2D eigenvalue weighted by molar-refractivity contribution is 7.23. The highest BCUT2D eigenvalue weighted by Crippen LogP contribution is 2.31. The zero-order chi connectivity index (χ0) is 13.8. The molecule has 7 heteroatoms. The van der Waals surface area contributed by atoms with E-state index in [0.29, 0.717) is 0 Å². The lowest BCUT2D eigenvalue weighted by atomic mass is 10.2. The van der Waals surface area contributed by atoms with Crippen LogP contribution in [-0.4, -0.2) is 40.2 Å². The average molecular weight is 309 g/mol. The smallest absolute Gasteiger partial charge is 0.205 e. The van der Waals surface area contributed by atoms with Gasteiger partial charge < -0.3 is 5.32 Å². The molecule has 1 N–H and O–H groups in total. The molecule has 1 aliphatic rings. The molecule has 1 fully saturated rings. The number of hydrogen-bond acceptors (Lipinski definition) is 7. The lowest BCUT2D eigenvalue weighted by Crippen LogP contribution is -2.23. The highest BCUT2D eigenvalue weighted by Gasteiger charge is 2.14. The van der Waals surface area contributed by atoms with E-state index in [1.807, 2.05) is 13.2 Å². The second-order valence-electron chi connectivity index (χ2n) is 4.97. The first-order valence-corrected chi connectivity index (χ1v) is 8.67. The van der Waals surface area contributed by atoms with Crippen molar-refractivity contribution in [1.29, 1.82) is 0 Å². The number of likely N-dealkylation sites (tertiary alicyclic amines) is 1. The van der Waals surface area contributed by atoms with E-state index in [-0.39, 0.29) is 0 Å². The first-order valence-electron chi connectivity index (χ1n) is 7.04. The molecule has 20 heavy (non-hydrogen) atoms. The summed E-state index contributed by atoms with van der Waals surface area (Å²) in [5.41, 5.74) is 0. The van der Waals surface area contributed by atoms with E-state index in [1.54, 1.807) is 22.7 Å². The SMILES string of the molecule is CNc1nnc(-c2cnc(CN3CCCCCC3)s2)s1. The molecular formula is C13H19N5S2. The first kappa shape index (κ1) is 13.9. The number of aromatic nitrogens is 3. The molecule has 0 bridgehead atoms. The molecule has 108 valence electrons. The van der Waals surface area contributed by atoms with Crippen molar-refractivity contribution in [3.8, 4) is 9.88 Å². The van der Waals surface area contributed by atoms with E-state index in [2.05, 4.69) is 25.4 Å². The minimum atomic E-state index is 0.850. The minimum Gasteiger partial charge on any atom is -0.363 e. The largest absolute Gasteiger partial charge is 0.363 e. The summed E-state index contributed by atoms with van der Waals surface area (Å²) in [5.74, 6) is 0. The number of nitrogens with one attached hydrogen (secondary N) is 1. The van der Waals surface area contributed by atoms with Gasteiger partial charge in [-0.05, 0) is 25.9 Å². The predicted molar refractivity (Wildman–Crippen MR) is 84.3 cm³/mol. The number of thiazole rings is 1.